The first-order valence-corrected chi connectivity index (χ1v) is 7.39. The lowest BCUT2D eigenvalue weighted by molar-refractivity contribution is 0.628. The standard InChI is InChI=1S/C18H15FN4/c1-11-3-8-15-16(9-11)21-18(20-15)23-17(10-12(2)22-23)13-4-6-14(19)7-5-13/h3-10H,1-2H3,(H,20,21). The van der Waals surface area contributed by atoms with Gasteiger partial charge in [0.05, 0.1) is 22.4 Å². The van der Waals surface area contributed by atoms with Crippen molar-refractivity contribution in [3.8, 4) is 17.2 Å². The van der Waals surface area contributed by atoms with Crippen LogP contribution in [0.2, 0.25) is 0 Å². The minimum absolute atomic E-state index is 0.254. The Balaban J connectivity index is 1.89. The molecule has 4 nitrogen and oxygen atoms in total. The molecule has 4 aromatic rings. The van der Waals surface area contributed by atoms with E-state index in [9.17, 15) is 4.39 Å². The van der Waals surface area contributed by atoms with Gasteiger partial charge in [0.2, 0.25) is 5.95 Å². The zero-order valence-corrected chi connectivity index (χ0v) is 12.8. The number of nitrogens with zero attached hydrogens (tertiary/aromatic N) is 3. The van der Waals surface area contributed by atoms with Gasteiger partial charge in [-0.2, -0.15) is 9.78 Å². The third-order valence-corrected chi connectivity index (χ3v) is 3.80. The average molecular weight is 306 g/mol. The zero-order chi connectivity index (χ0) is 16.0. The van der Waals surface area contributed by atoms with E-state index in [0.717, 1.165) is 28.0 Å². The maximum atomic E-state index is 13.2. The summed E-state index contributed by atoms with van der Waals surface area (Å²) in [5, 5.41) is 4.53. The Hall–Kier alpha value is -2.95. The molecule has 0 bridgehead atoms. The van der Waals surface area contributed by atoms with Gasteiger partial charge >= 0.3 is 0 Å². The minimum atomic E-state index is -0.254. The Morgan fingerprint density at radius 3 is 2.57 bits per heavy atom. The van der Waals surface area contributed by atoms with E-state index in [1.54, 1.807) is 16.8 Å². The normalized spacial score (nSPS) is 11.3. The fourth-order valence-electron chi connectivity index (χ4n) is 2.70. The average Bonchev–Trinajstić information content (AvgIpc) is 3.10. The number of hydrogen-bond donors (Lipinski definition) is 1. The summed E-state index contributed by atoms with van der Waals surface area (Å²) in [6.07, 6.45) is 0. The van der Waals surface area contributed by atoms with Crippen LogP contribution in [-0.4, -0.2) is 19.7 Å². The zero-order valence-electron chi connectivity index (χ0n) is 12.8. The molecule has 0 aliphatic heterocycles. The molecule has 0 saturated carbocycles. The molecule has 2 heterocycles. The Morgan fingerprint density at radius 1 is 1.00 bits per heavy atom. The lowest BCUT2D eigenvalue weighted by atomic mass is 10.1. The third-order valence-electron chi connectivity index (χ3n) is 3.80. The molecule has 0 amide bonds. The van der Waals surface area contributed by atoms with Gasteiger partial charge in [-0.15, -0.1) is 0 Å². The molecular formula is C18H15FN4. The van der Waals surface area contributed by atoms with Crippen molar-refractivity contribution in [1.82, 2.24) is 19.7 Å². The van der Waals surface area contributed by atoms with Gasteiger partial charge in [-0.1, -0.05) is 6.07 Å². The van der Waals surface area contributed by atoms with E-state index in [0.29, 0.717) is 5.95 Å². The molecule has 0 aliphatic carbocycles. The van der Waals surface area contributed by atoms with Crippen LogP contribution in [-0.2, 0) is 0 Å². The molecular weight excluding hydrogens is 291 g/mol. The third kappa shape index (κ3) is 2.40. The van der Waals surface area contributed by atoms with Gasteiger partial charge in [-0.3, -0.25) is 0 Å². The first-order valence-electron chi connectivity index (χ1n) is 7.39. The lowest BCUT2D eigenvalue weighted by Gasteiger charge is -2.04. The molecule has 23 heavy (non-hydrogen) atoms. The van der Waals surface area contributed by atoms with Gasteiger partial charge in [-0.25, -0.2) is 9.37 Å². The van der Waals surface area contributed by atoms with Crippen molar-refractivity contribution < 1.29 is 4.39 Å². The van der Waals surface area contributed by atoms with Crippen molar-refractivity contribution in [1.29, 1.82) is 0 Å². The molecule has 2 aromatic heterocycles. The summed E-state index contributed by atoms with van der Waals surface area (Å²) in [7, 11) is 0. The number of nitrogens with one attached hydrogen (secondary N) is 1. The molecule has 0 saturated heterocycles. The van der Waals surface area contributed by atoms with Gasteiger partial charge in [-0.05, 0) is 61.9 Å². The predicted molar refractivity (Wildman–Crippen MR) is 88.1 cm³/mol. The van der Waals surface area contributed by atoms with E-state index >= 15 is 0 Å². The van der Waals surface area contributed by atoms with Gasteiger partial charge in [0.1, 0.15) is 5.82 Å². The van der Waals surface area contributed by atoms with Crippen molar-refractivity contribution in [3.05, 3.63) is 65.6 Å². The number of fused-ring (bicyclic) bond motifs is 1. The first kappa shape index (κ1) is 13.7. The molecule has 1 N–H and O–H groups in total. The van der Waals surface area contributed by atoms with E-state index in [1.807, 2.05) is 32.0 Å². The highest BCUT2D eigenvalue weighted by Crippen LogP contribution is 2.24. The lowest BCUT2D eigenvalue weighted by Crippen LogP contribution is -2.01. The summed E-state index contributed by atoms with van der Waals surface area (Å²) in [4.78, 5) is 7.91. The molecule has 5 heteroatoms. The number of rotatable bonds is 2. The van der Waals surface area contributed by atoms with Crippen molar-refractivity contribution in [2.45, 2.75) is 13.8 Å². The Labute approximate surface area is 132 Å². The number of halogens is 1. The summed E-state index contributed by atoms with van der Waals surface area (Å²) in [6.45, 7) is 3.97. The Morgan fingerprint density at radius 2 is 1.78 bits per heavy atom. The van der Waals surface area contributed by atoms with E-state index in [2.05, 4.69) is 21.1 Å². The van der Waals surface area contributed by atoms with Crippen LogP contribution in [0, 0.1) is 19.7 Å². The van der Waals surface area contributed by atoms with Crippen LogP contribution in [0.5, 0.6) is 0 Å². The Kier molecular flexibility index (Phi) is 3.01. The maximum absolute atomic E-state index is 13.2. The van der Waals surface area contributed by atoms with E-state index < -0.39 is 0 Å². The molecule has 0 radical (unpaired) electrons. The Bertz CT molecular complexity index is 996. The molecule has 4 rings (SSSR count). The number of hydrogen-bond acceptors (Lipinski definition) is 2. The fourth-order valence-corrected chi connectivity index (χ4v) is 2.70. The molecule has 0 unspecified atom stereocenters. The quantitative estimate of drug-likeness (QED) is 0.604. The summed E-state index contributed by atoms with van der Waals surface area (Å²) in [5.74, 6) is 0.397. The van der Waals surface area contributed by atoms with Gasteiger partial charge in [0.25, 0.3) is 0 Å². The maximum Gasteiger partial charge on any atom is 0.229 e. The van der Waals surface area contributed by atoms with Crippen LogP contribution < -0.4 is 0 Å². The van der Waals surface area contributed by atoms with E-state index in [1.165, 1.54) is 17.7 Å². The monoisotopic (exact) mass is 306 g/mol. The largest absolute Gasteiger partial charge is 0.322 e. The molecule has 0 fully saturated rings. The highest BCUT2D eigenvalue weighted by atomic mass is 19.1. The second-order valence-corrected chi connectivity index (χ2v) is 5.67. The predicted octanol–water partition coefficient (Wildman–Crippen LogP) is 4.17. The number of aryl methyl sites for hydroxylation is 2. The SMILES string of the molecule is Cc1ccc2nc(-n3nc(C)cc3-c3ccc(F)cc3)[nH]c2c1. The smallest absolute Gasteiger partial charge is 0.229 e. The molecule has 114 valence electrons. The summed E-state index contributed by atoms with van der Waals surface area (Å²) < 4.78 is 14.9. The minimum Gasteiger partial charge on any atom is -0.322 e. The van der Waals surface area contributed by atoms with Gasteiger partial charge in [0, 0.05) is 5.56 Å². The molecule has 0 atom stereocenters. The van der Waals surface area contributed by atoms with Gasteiger partial charge < -0.3 is 4.98 Å². The summed E-state index contributed by atoms with van der Waals surface area (Å²) >= 11 is 0. The van der Waals surface area contributed by atoms with Crippen molar-refractivity contribution in [2.24, 2.45) is 0 Å². The van der Waals surface area contributed by atoms with E-state index in [-0.39, 0.29) is 5.82 Å². The van der Waals surface area contributed by atoms with Crippen LogP contribution in [0.15, 0.2) is 48.5 Å². The van der Waals surface area contributed by atoms with Crippen LogP contribution in [0.1, 0.15) is 11.3 Å². The second-order valence-electron chi connectivity index (χ2n) is 5.67. The van der Waals surface area contributed by atoms with Crippen LogP contribution in [0.4, 0.5) is 4.39 Å². The number of H-pyrrole nitrogens is 1. The molecule has 0 aliphatic rings. The second kappa shape index (κ2) is 5.05. The number of aromatic amines is 1. The fraction of sp³-hybridized carbons (Fsp3) is 0.111. The number of benzene rings is 2. The van der Waals surface area contributed by atoms with E-state index in [4.69, 9.17) is 0 Å². The van der Waals surface area contributed by atoms with Crippen LogP contribution in [0.3, 0.4) is 0 Å². The van der Waals surface area contributed by atoms with Crippen LogP contribution >= 0.6 is 0 Å². The number of aromatic nitrogens is 4. The van der Waals surface area contributed by atoms with Crippen LogP contribution in [0.25, 0.3) is 28.2 Å². The first-order chi connectivity index (χ1) is 11.1. The summed E-state index contributed by atoms with van der Waals surface area (Å²) in [6, 6.07) is 14.4. The van der Waals surface area contributed by atoms with Crippen molar-refractivity contribution in [2.75, 3.05) is 0 Å². The highest BCUT2D eigenvalue weighted by Gasteiger charge is 2.13. The highest BCUT2D eigenvalue weighted by molar-refractivity contribution is 5.77. The van der Waals surface area contributed by atoms with Crippen molar-refractivity contribution in [3.63, 3.8) is 0 Å². The van der Waals surface area contributed by atoms with Crippen molar-refractivity contribution >= 4 is 11.0 Å². The molecule has 0 spiro atoms. The molecule has 2 aromatic carbocycles. The topological polar surface area (TPSA) is 46.5 Å². The number of imidazole rings is 1. The summed E-state index contributed by atoms with van der Waals surface area (Å²) in [5.41, 5.74) is 5.67. The van der Waals surface area contributed by atoms with Gasteiger partial charge in [0.15, 0.2) is 0 Å².